The number of nitrogens with one attached hydrogen (secondary N) is 1. The van der Waals surface area contributed by atoms with Crippen LogP contribution in [0.4, 0.5) is 11.4 Å². The van der Waals surface area contributed by atoms with Gasteiger partial charge in [-0.3, -0.25) is 4.98 Å². The summed E-state index contributed by atoms with van der Waals surface area (Å²) in [6.45, 7) is 5.40. The average molecular weight is 382 g/mol. The fourth-order valence-corrected chi connectivity index (χ4v) is 4.36. The molecular weight excluding hydrogens is 350 g/mol. The molecule has 6 nitrogen and oxygen atoms in total. The van der Waals surface area contributed by atoms with Gasteiger partial charge in [-0.2, -0.15) is 10.2 Å². The molecule has 1 saturated carbocycles. The van der Waals surface area contributed by atoms with Crippen molar-refractivity contribution in [1.29, 1.82) is 0 Å². The van der Waals surface area contributed by atoms with Crippen molar-refractivity contribution >= 4 is 11.4 Å². The number of anilines is 2. The normalized spacial score (nSPS) is 18.3. The average Bonchev–Trinajstić information content (AvgIpc) is 2.76. The molecule has 1 N–H and O–H groups in total. The van der Waals surface area contributed by atoms with E-state index in [1.807, 2.05) is 20.2 Å². The molecule has 6 heteroatoms. The van der Waals surface area contributed by atoms with Crippen LogP contribution in [0, 0.1) is 12.8 Å². The van der Waals surface area contributed by atoms with Crippen molar-refractivity contribution in [2.24, 2.45) is 5.92 Å². The Morgan fingerprint density at radius 1 is 1.11 bits per heavy atom. The Kier molecular flexibility index (Phi) is 6.05. The van der Waals surface area contributed by atoms with Crippen molar-refractivity contribution in [1.82, 2.24) is 15.2 Å². The molecular formula is C22H31N5O. The third-order valence-corrected chi connectivity index (χ3v) is 6.06. The zero-order chi connectivity index (χ0) is 19.3. The van der Waals surface area contributed by atoms with E-state index in [0.29, 0.717) is 0 Å². The Labute approximate surface area is 167 Å². The molecule has 28 heavy (non-hydrogen) atoms. The van der Waals surface area contributed by atoms with E-state index in [1.54, 1.807) is 0 Å². The molecule has 0 radical (unpaired) electrons. The van der Waals surface area contributed by atoms with Gasteiger partial charge in [0.15, 0.2) is 0 Å². The molecule has 0 atom stereocenters. The zero-order valence-corrected chi connectivity index (χ0v) is 17.1. The van der Waals surface area contributed by atoms with Crippen LogP contribution >= 0.6 is 0 Å². The second-order valence-corrected chi connectivity index (χ2v) is 7.98. The predicted molar refractivity (Wildman–Crippen MR) is 113 cm³/mol. The van der Waals surface area contributed by atoms with Gasteiger partial charge in [-0.15, -0.1) is 0 Å². The maximum atomic E-state index is 5.58. The van der Waals surface area contributed by atoms with Gasteiger partial charge in [0.2, 0.25) is 0 Å². The summed E-state index contributed by atoms with van der Waals surface area (Å²) in [6.07, 6.45) is 9.61. The molecule has 150 valence electrons. The van der Waals surface area contributed by atoms with Crippen molar-refractivity contribution in [3.05, 3.63) is 29.7 Å². The minimum atomic E-state index is 0.740. The second kappa shape index (κ2) is 8.86. The summed E-state index contributed by atoms with van der Waals surface area (Å²) < 4.78 is 5.58. The van der Waals surface area contributed by atoms with E-state index in [9.17, 15) is 0 Å². The highest BCUT2D eigenvalue weighted by Crippen LogP contribution is 2.32. The highest BCUT2D eigenvalue weighted by atomic mass is 16.5. The van der Waals surface area contributed by atoms with Crippen molar-refractivity contribution < 1.29 is 4.74 Å². The second-order valence-electron chi connectivity index (χ2n) is 7.98. The van der Waals surface area contributed by atoms with Crippen LogP contribution in [-0.2, 0) is 11.2 Å². The number of nitrogens with zero attached hydrogens (tertiary/aromatic N) is 4. The lowest BCUT2D eigenvalue weighted by Gasteiger charge is -2.31. The van der Waals surface area contributed by atoms with Crippen LogP contribution in [0.1, 0.15) is 43.5 Å². The summed E-state index contributed by atoms with van der Waals surface area (Å²) in [5.41, 5.74) is 6.28. The smallest absolute Gasteiger partial charge is 0.0969 e. The van der Waals surface area contributed by atoms with E-state index >= 15 is 0 Å². The summed E-state index contributed by atoms with van der Waals surface area (Å²) in [6, 6.07) is 4.33. The van der Waals surface area contributed by atoms with Gasteiger partial charge >= 0.3 is 0 Å². The molecule has 1 aliphatic carbocycles. The van der Waals surface area contributed by atoms with Crippen LogP contribution in [0.5, 0.6) is 0 Å². The van der Waals surface area contributed by atoms with E-state index < -0.39 is 0 Å². The number of aryl methyl sites for hydroxylation is 1. The van der Waals surface area contributed by atoms with Gasteiger partial charge in [0.25, 0.3) is 0 Å². The molecule has 2 aromatic heterocycles. The standard InChI is InChI=1S/C22H31N5O/c1-16-19(13-18(23-2)15-24-16)20-14-22(27-8-10-28-11-9-27)21(26-25-20)12-17-6-4-3-5-7-17/h13-15,17,23H,3-12H2,1-2H3. The maximum Gasteiger partial charge on any atom is 0.0969 e. The lowest BCUT2D eigenvalue weighted by molar-refractivity contribution is 0.122. The van der Waals surface area contributed by atoms with Gasteiger partial charge in [-0.1, -0.05) is 32.1 Å². The van der Waals surface area contributed by atoms with E-state index in [0.717, 1.165) is 67.0 Å². The van der Waals surface area contributed by atoms with E-state index in [1.165, 1.54) is 37.8 Å². The molecule has 2 aromatic rings. The molecule has 0 aromatic carbocycles. The summed E-state index contributed by atoms with van der Waals surface area (Å²) in [5, 5.41) is 12.5. The fraction of sp³-hybridized carbons (Fsp3) is 0.591. The van der Waals surface area contributed by atoms with Crippen LogP contribution in [0.2, 0.25) is 0 Å². The summed E-state index contributed by atoms with van der Waals surface area (Å²) >= 11 is 0. The minimum absolute atomic E-state index is 0.740. The van der Waals surface area contributed by atoms with Gasteiger partial charge in [0.05, 0.1) is 42.2 Å². The van der Waals surface area contributed by atoms with Crippen LogP contribution in [0.15, 0.2) is 18.3 Å². The molecule has 2 fully saturated rings. The highest BCUT2D eigenvalue weighted by Gasteiger charge is 2.22. The maximum absolute atomic E-state index is 5.58. The molecule has 0 unspecified atom stereocenters. The first kappa shape index (κ1) is 19.1. The Bertz CT molecular complexity index is 798. The van der Waals surface area contributed by atoms with Crippen LogP contribution < -0.4 is 10.2 Å². The topological polar surface area (TPSA) is 63.2 Å². The quantitative estimate of drug-likeness (QED) is 0.849. The number of rotatable bonds is 5. The number of hydrogen-bond donors (Lipinski definition) is 1. The highest BCUT2D eigenvalue weighted by molar-refractivity contribution is 5.70. The summed E-state index contributed by atoms with van der Waals surface area (Å²) in [5.74, 6) is 0.740. The number of hydrogen-bond acceptors (Lipinski definition) is 6. The first-order chi connectivity index (χ1) is 13.7. The van der Waals surface area contributed by atoms with Crippen LogP contribution in [0.25, 0.3) is 11.3 Å². The largest absolute Gasteiger partial charge is 0.387 e. The number of pyridine rings is 1. The van der Waals surface area contributed by atoms with Gasteiger partial charge in [0, 0.05) is 31.4 Å². The Morgan fingerprint density at radius 2 is 1.89 bits per heavy atom. The van der Waals surface area contributed by atoms with E-state index in [-0.39, 0.29) is 0 Å². The van der Waals surface area contributed by atoms with Crippen molar-refractivity contribution in [3.63, 3.8) is 0 Å². The van der Waals surface area contributed by atoms with Gasteiger partial charge in [0.1, 0.15) is 0 Å². The molecule has 1 aliphatic heterocycles. The summed E-state index contributed by atoms with van der Waals surface area (Å²) in [4.78, 5) is 6.94. The van der Waals surface area contributed by atoms with Crippen molar-refractivity contribution in [2.75, 3.05) is 43.6 Å². The Hall–Kier alpha value is -2.21. The van der Waals surface area contributed by atoms with Gasteiger partial charge in [-0.25, -0.2) is 0 Å². The van der Waals surface area contributed by atoms with E-state index in [2.05, 4.69) is 32.4 Å². The first-order valence-electron chi connectivity index (χ1n) is 10.6. The van der Waals surface area contributed by atoms with Gasteiger partial charge in [-0.05, 0) is 31.4 Å². The number of morpholine rings is 1. The van der Waals surface area contributed by atoms with Crippen LogP contribution in [-0.4, -0.2) is 48.5 Å². The summed E-state index contributed by atoms with van der Waals surface area (Å²) in [7, 11) is 1.91. The molecule has 4 rings (SSSR count). The van der Waals surface area contributed by atoms with E-state index in [4.69, 9.17) is 9.84 Å². The third-order valence-electron chi connectivity index (χ3n) is 6.06. The molecule has 0 bridgehead atoms. The minimum Gasteiger partial charge on any atom is -0.387 e. The zero-order valence-electron chi connectivity index (χ0n) is 17.1. The first-order valence-corrected chi connectivity index (χ1v) is 10.6. The predicted octanol–water partition coefficient (Wildman–Crippen LogP) is 3.85. The molecule has 1 saturated heterocycles. The fourth-order valence-electron chi connectivity index (χ4n) is 4.36. The third kappa shape index (κ3) is 4.27. The monoisotopic (exact) mass is 381 g/mol. The SMILES string of the molecule is CNc1cnc(C)c(-c2cc(N3CCOCC3)c(CC3CCCCC3)nn2)c1. The lowest BCUT2D eigenvalue weighted by Crippen LogP contribution is -2.37. The number of aromatic nitrogens is 3. The Morgan fingerprint density at radius 3 is 2.64 bits per heavy atom. The number of ether oxygens (including phenoxy) is 1. The molecule has 0 spiro atoms. The van der Waals surface area contributed by atoms with Crippen molar-refractivity contribution in [3.8, 4) is 11.3 Å². The molecule has 2 aliphatic rings. The Balaban J connectivity index is 1.69. The van der Waals surface area contributed by atoms with Gasteiger partial charge < -0.3 is 15.0 Å². The lowest BCUT2D eigenvalue weighted by atomic mass is 9.85. The van der Waals surface area contributed by atoms with Crippen LogP contribution in [0.3, 0.4) is 0 Å². The molecule has 3 heterocycles. The molecule has 0 amide bonds. The van der Waals surface area contributed by atoms with Crippen molar-refractivity contribution in [2.45, 2.75) is 45.4 Å².